The molecule has 0 aromatic heterocycles. The number of amides is 1. The quantitative estimate of drug-likeness (QED) is 0.182. The van der Waals surface area contributed by atoms with Gasteiger partial charge in [0.2, 0.25) is 0 Å². The molecule has 0 saturated carbocycles. The number of esters is 1. The highest BCUT2D eigenvalue weighted by molar-refractivity contribution is 6.51. The van der Waals surface area contributed by atoms with E-state index in [-0.39, 0.29) is 21.9 Å². The van der Waals surface area contributed by atoms with Gasteiger partial charge in [0.15, 0.2) is 0 Å². The lowest BCUT2D eigenvalue weighted by molar-refractivity contribution is -0.132. The first kappa shape index (κ1) is 26.0. The molecule has 190 valence electrons. The molecule has 0 radical (unpaired) electrons. The SMILES string of the molecule is CCCOC(=O)c1ccc(N2C(=O)C(=O)/C(=C(\O)c3ccc(OC)c(Cl)c3)C2c2cccc(C)c2)cc1. The normalized spacial score (nSPS) is 16.6. The summed E-state index contributed by atoms with van der Waals surface area (Å²) >= 11 is 6.26. The second kappa shape index (κ2) is 10.9. The first-order chi connectivity index (χ1) is 17.8. The number of benzene rings is 3. The number of hydrogen-bond donors (Lipinski definition) is 1. The molecule has 3 aromatic carbocycles. The van der Waals surface area contributed by atoms with Crippen LogP contribution in [0.2, 0.25) is 5.02 Å². The second-order valence-electron chi connectivity index (χ2n) is 8.62. The molecule has 1 aliphatic heterocycles. The number of aliphatic hydroxyl groups is 1. The molecule has 0 bridgehead atoms. The van der Waals surface area contributed by atoms with Crippen LogP contribution >= 0.6 is 11.6 Å². The lowest BCUT2D eigenvalue weighted by Gasteiger charge is -2.26. The Hall–Kier alpha value is -4.10. The summed E-state index contributed by atoms with van der Waals surface area (Å²) in [5, 5.41) is 11.5. The van der Waals surface area contributed by atoms with Crippen LogP contribution in [0, 0.1) is 6.92 Å². The van der Waals surface area contributed by atoms with E-state index in [4.69, 9.17) is 21.1 Å². The van der Waals surface area contributed by atoms with E-state index in [1.807, 2.05) is 32.0 Å². The van der Waals surface area contributed by atoms with Crippen LogP contribution in [-0.2, 0) is 14.3 Å². The molecule has 0 spiro atoms. The molecule has 1 fully saturated rings. The Morgan fingerprint density at radius 3 is 2.35 bits per heavy atom. The average molecular weight is 520 g/mol. The van der Waals surface area contributed by atoms with Gasteiger partial charge in [-0.3, -0.25) is 14.5 Å². The number of hydrogen-bond acceptors (Lipinski definition) is 6. The number of ether oxygens (including phenoxy) is 2. The predicted molar refractivity (Wildman–Crippen MR) is 141 cm³/mol. The van der Waals surface area contributed by atoms with E-state index in [1.165, 1.54) is 18.1 Å². The first-order valence-corrected chi connectivity index (χ1v) is 12.1. The van der Waals surface area contributed by atoms with Crippen LogP contribution in [0.15, 0.2) is 72.3 Å². The molecule has 1 atom stereocenters. The van der Waals surface area contributed by atoms with Gasteiger partial charge in [-0.05, 0) is 61.4 Å². The van der Waals surface area contributed by atoms with E-state index in [0.717, 1.165) is 5.56 Å². The minimum atomic E-state index is -0.904. The number of carbonyl (C=O) groups excluding carboxylic acids is 3. The number of rotatable bonds is 7. The third kappa shape index (κ3) is 5.08. The van der Waals surface area contributed by atoms with Crippen LogP contribution in [0.1, 0.15) is 46.4 Å². The van der Waals surface area contributed by atoms with E-state index >= 15 is 0 Å². The van der Waals surface area contributed by atoms with E-state index in [9.17, 15) is 19.5 Å². The van der Waals surface area contributed by atoms with Crippen LogP contribution < -0.4 is 9.64 Å². The molecular weight excluding hydrogens is 494 g/mol. The van der Waals surface area contributed by atoms with Gasteiger partial charge in [0.05, 0.1) is 35.9 Å². The van der Waals surface area contributed by atoms with Gasteiger partial charge in [0, 0.05) is 11.3 Å². The highest BCUT2D eigenvalue weighted by atomic mass is 35.5. The number of anilines is 1. The Balaban J connectivity index is 1.84. The number of halogens is 1. The third-order valence-electron chi connectivity index (χ3n) is 6.05. The second-order valence-corrected chi connectivity index (χ2v) is 9.02. The van der Waals surface area contributed by atoms with Crippen molar-refractivity contribution in [2.24, 2.45) is 0 Å². The summed E-state index contributed by atoms with van der Waals surface area (Å²) in [5.74, 6) is -2.04. The fourth-order valence-electron chi connectivity index (χ4n) is 4.26. The molecule has 1 N–H and O–H groups in total. The Labute approximate surface area is 219 Å². The van der Waals surface area contributed by atoms with Gasteiger partial charge in [-0.15, -0.1) is 0 Å². The minimum Gasteiger partial charge on any atom is -0.507 e. The van der Waals surface area contributed by atoms with E-state index in [1.54, 1.807) is 42.5 Å². The van der Waals surface area contributed by atoms with Crippen molar-refractivity contribution in [3.63, 3.8) is 0 Å². The maximum atomic E-state index is 13.3. The van der Waals surface area contributed by atoms with Gasteiger partial charge in [0.25, 0.3) is 11.7 Å². The zero-order valence-corrected chi connectivity index (χ0v) is 21.4. The van der Waals surface area contributed by atoms with E-state index in [2.05, 4.69) is 0 Å². The zero-order chi connectivity index (χ0) is 26.7. The lowest BCUT2D eigenvalue weighted by Crippen LogP contribution is -2.29. The Kier molecular flexibility index (Phi) is 7.64. The summed E-state index contributed by atoms with van der Waals surface area (Å²) in [6, 6.07) is 17.3. The lowest BCUT2D eigenvalue weighted by atomic mass is 9.94. The number of Topliss-reactive ketones (excluding diaryl/α,β-unsaturated/α-hetero) is 1. The van der Waals surface area contributed by atoms with Gasteiger partial charge in [-0.2, -0.15) is 0 Å². The molecule has 4 rings (SSSR count). The number of nitrogens with zero attached hydrogens (tertiary/aromatic N) is 1. The summed E-state index contributed by atoms with van der Waals surface area (Å²) in [7, 11) is 1.47. The first-order valence-electron chi connectivity index (χ1n) is 11.8. The maximum Gasteiger partial charge on any atom is 0.338 e. The molecule has 1 unspecified atom stereocenters. The molecule has 7 nitrogen and oxygen atoms in total. The predicted octanol–water partition coefficient (Wildman–Crippen LogP) is 5.85. The molecule has 1 amide bonds. The van der Waals surface area contributed by atoms with Crippen molar-refractivity contribution < 1.29 is 29.0 Å². The summed E-state index contributed by atoms with van der Waals surface area (Å²) < 4.78 is 10.4. The van der Waals surface area contributed by atoms with Crippen molar-refractivity contribution in [2.75, 3.05) is 18.6 Å². The topological polar surface area (TPSA) is 93.1 Å². The number of ketones is 1. The van der Waals surface area contributed by atoms with Crippen LogP contribution in [-0.4, -0.2) is 36.5 Å². The Bertz CT molecular complexity index is 1400. The summed E-state index contributed by atoms with van der Waals surface area (Å²) in [6.07, 6.45) is 0.699. The average Bonchev–Trinajstić information content (AvgIpc) is 3.17. The monoisotopic (exact) mass is 519 g/mol. The van der Waals surface area contributed by atoms with Crippen LogP contribution in [0.25, 0.3) is 5.76 Å². The number of aryl methyl sites for hydroxylation is 1. The standard InChI is InChI=1S/C29H26ClNO6/c1-4-14-37-29(35)18-8-11-21(12-9-18)31-25(19-7-5-6-17(2)15-19)24(27(33)28(31)34)26(32)20-10-13-23(36-3)22(30)16-20/h5-13,15-16,25,32H,4,14H2,1-3H3/b26-24-. The summed E-state index contributed by atoms with van der Waals surface area (Å²) in [6.45, 7) is 4.10. The van der Waals surface area contributed by atoms with Crippen LogP contribution in [0.4, 0.5) is 5.69 Å². The molecule has 37 heavy (non-hydrogen) atoms. The smallest absolute Gasteiger partial charge is 0.338 e. The Morgan fingerprint density at radius 1 is 1.03 bits per heavy atom. The molecule has 1 heterocycles. The number of carbonyl (C=O) groups is 3. The van der Waals surface area contributed by atoms with Gasteiger partial charge in [0.1, 0.15) is 11.5 Å². The summed E-state index contributed by atoms with van der Waals surface area (Å²) in [4.78, 5) is 40.2. The van der Waals surface area contributed by atoms with Crippen molar-refractivity contribution >= 4 is 40.7 Å². The summed E-state index contributed by atoms with van der Waals surface area (Å²) in [5.41, 5.74) is 2.50. The Morgan fingerprint density at radius 2 is 1.73 bits per heavy atom. The van der Waals surface area contributed by atoms with Gasteiger partial charge in [-0.1, -0.05) is 48.4 Å². The highest BCUT2D eigenvalue weighted by Crippen LogP contribution is 2.43. The zero-order valence-electron chi connectivity index (χ0n) is 20.7. The largest absolute Gasteiger partial charge is 0.507 e. The fraction of sp³-hybridized carbons (Fsp3) is 0.207. The molecule has 1 saturated heterocycles. The molecular formula is C29H26ClNO6. The van der Waals surface area contributed by atoms with Crippen LogP contribution in [0.3, 0.4) is 0 Å². The molecule has 8 heteroatoms. The maximum absolute atomic E-state index is 13.3. The van der Waals surface area contributed by atoms with Crippen molar-refractivity contribution in [1.29, 1.82) is 0 Å². The highest BCUT2D eigenvalue weighted by Gasteiger charge is 2.47. The fourth-order valence-corrected chi connectivity index (χ4v) is 4.52. The number of methoxy groups -OCH3 is 1. The van der Waals surface area contributed by atoms with Crippen molar-refractivity contribution in [3.8, 4) is 5.75 Å². The number of aliphatic hydroxyl groups excluding tert-OH is 1. The van der Waals surface area contributed by atoms with Crippen molar-refractivity contribution in [1.82, 2.24) is 0 Å². The van der Waals surface area contributed by atoms with Crippen molar-refractivity contribution in [2.45, 2.75) is 26.3 Å². The van der Waals surface area contributed by atoms with E-state index < -0.39 is 23.7 Å². The third-order valence-corrected chi connectivity index (χ3v) is 6.34. The van der Waals surface area contributed by atoms with Crippen molar-refractivity contribution in [3.05, 3.63) is 99.6 Å². The molecule has 1 aliphatic rings. The van der Waals surface area contributed by atoms with Gasteiger partial charge in [-0.25, -0.2) is 4.79 Å². The van der Waals surface area contributed by atoms with Gasteiger partial charge < -0.3 is 14.6 Å². The van der Waals surface area contributed by atoms with E-state index in [0.29, 0.717) is 35.6 Å². The van der Waals surface area contributed by atoms with Crippen LogP contribution in [0.5, 0.6) is 5.75 Å². The molecule has 0 aliphatic carbocycles. The van der Waals surface area contributed by atoms with Gasteiger partial charge >= 0.3 is 5.97 Å². The minimum absolute atomic E-state index is 0.0664. The molecule has 3 aromatic rings.